The Balaban J connectivity index is 2.91. The van der Waals surface area contributed by atoms with E-state index in [1.54, 1.807) is 13.2 Å². The van der Waals surface area contributed by atoms with Crippen molar-refractivity contribution in [3.05, 3.63) is 18.2 Å². The summed E-state index contributed by atoms with van der Waals surface area (Å²) in [5.74, 6) is 1.40. The summed E-state index contributed by atoms with van der Waals surface area (Å²) in [6.45, 7) is 0. The van der Waals surface area contributed by atoms with Crippen LogP contribution >= 0.6 is 0 Å². The maximum Gasteiger partial charge on any atom is 0.223 e. The minimum Gasteiger partial charge on any atom is -0.480 e. The van der Waals surface area contributed by atoms with Crippen LogP contribution in [-0.2, 0) is 0 Å². The summed E-state index contributed by atoms with van der Waals surface area (Å²) in [6, 6.07) is 6.52. The quantitative estimate of drug-likeness (QED) is 0.629. The van der Waals surface area contributed by atoms with E-state index in [9.17, 15) is 0 Å². The van der Waals surface area contributed by atoms with E-state index >= 15 is 0 Å². The Morgan fingerprint density at radius 2 is 2.27 bits per heavy atom. The highest BCUT2D eigenvalue weighted by Crippen LogP contribution is 2.11. The molecule has 1 radical (unpaired) electrons. The first-order valence-corrected chi connectivity index (χ1v) is 3.34. The predicted molar refractivity (Wildman–Crippen MR) is 44.0 cm³/mol. The lowest BCUT2D eigenvalue weighted by molar-refractivity contribution is 0.397. The van der Waals surface area contributed by atoms with Gasteiger partial charge in [-0.15, -0.1) is 0 Å². The van der Waals surface area contributed by atoms with E-state index in [0.717, 1.165) is 5.82 Å². The molecule has 0 spiro atoms. The topological polar surface area (TPSA) is 25.4 Å². The van der Waals surface area contributed by atoms with Crippen molar-refractivity contribution >= 4 is 5.82 Å². The Bertz CT molecular complexity index is 235. The Kier molecular flexibility index (Phi) is 2.31. The second-order valence-corrected chi connectivity index (χ2v) is 2.35. The summed E-state index contributed by atoms with van der Waals surface area (Å²) in [5, 5.41) is 0. The molecule has 0 unspecified atom stereocenters. The van der Waals surface area contributed by atoms with Crippen LogP contribution in [0.15, 0.2) is 12.1 Å². The molecule has 1 heterocycles. The maximum atomic E-state index is 4.91. The van der Waals surface area contributed by atoms with E-state index in [1.807, 2.05) is 25.1 Å². The van der Waals surface area contributed by atoms with E-state index in [2.05, 4.69) is 11.1 Å². The second kappa shape index (κ2) is 3.23. The van der Waals surface area contributed by atoms with Crippen molar-refractivity contribution in [3.63, 3.8) is 0 Å². The molecule has 1 aromatic rings. The molecule has 0 atom stereocenters. The van der Waals surface area contributed by atoms with Gasteiger partial charge in [0.05, 0.1) is 7.11 Å². The standard InChI is InChI=1S/C8H11N2O/c1-10(2)7-5-4-6-8(9-7)11-3/h4-5H,1-3H3. The van der Waals surface area contributed by atoms with Gasteiger partial charge in [-0.25, -0.2) is 0 Å². The van der Waals surface area contributed by atoms with Crippen LogP contribution in [0.3, 0.4) is 0 Å². The lowest BCUT2D eigenvalue weighted by Crippen LogP contribution is -2.10. The number of ether oxygens (including phenoxy) is 1. The molecule has 1 rings (SSSR count). The van der Waals surface area contributed by atoms with Crippen LogP contribution in [0.25, 0.3) is 0 Å². The fourth-order valence-corrected chi connectivity index (χ4v) is 0.715. The first-order valence-electron chi connectivity index (χ1n) is 3.34. The lowest BCUT2D eigenvalue weighted by atomic mass is 10.4. The van der Waals surface area contributed by atoms with E-state index in [-0.39, 0.29) is 0 Å². The number of pyridine rings is 1. The van der Waals surface area contributed by atoms with E-state index in [4.69, 9.17) is 4.74 Å². The molecule has 0 saturated carbocycles. The van der Waals surface area contributed by atoms with Gasteiger partial charge in [0.2, 0.25) is 5.88 Å². The number of nitrogens with zero attached hydrogens (tertiary/aromatic N) is 2. The molecule has 59 valence electrons. The molecule has 0 saturated heterocycles. The zero-order chi connectivity index (χ0) is 8.27. The normalized spacial score (nSPS) is 9.36. The van der Waals surface area contributed by atoms with Crippen LogP contribution in [0.1, 0.15) is 0 Å². The summed E-state index contributed by atoms with van der Waals surface area (Å²) >= 11 is 0. The molecule has 3 nitrogen and oxygen atoms in total. The highest BCUT2D eigenvalue weighted by atomic mass is 16.5. The first kappa shape index (κ1) is 7.85. The molecule has 0 aliphatic carbocycles. The number of hydrogen-bond donors (Lipinski definition) is 0. The van der Waals surface area contributed by atoms with Gasteiger partial charge in [-0.1, -0.05) is 0 Å². The monoisotopic (exact) mass is 151 g/mol. The molecule has 0 aromatic carbocycles. The highest BCUT2D eigenvalue weighted by molar-refractivity contribution is 5.37. The SMILES string of the molecule is COc1[c]ccc(N(C)C)n1. The fourth-order valence-electron chi connectivity index (χ4n) is 0.715. The third-order valence-electron chi connectivity index (χ3n) is 1.31. The van der Waals surface area contributed by atoms with Crippen LogP contribution in [-0.4, -0.2) is 26.2 Å². The molecule has 11 heavy (non-hydrogen) atoms. The molecular formula is C8H11N2O. The number of rotatable bonds is 2. The Morgan fingerprint density at radius 3 is 2.82 bits per heavy atom. The third kappa shape index (κ3) is 1.83. The average Bonchev–Trinajstić information content (AvgIpc) is 2.05. The summed E-state index contributed by atoms with van der Waals surface area (Å²) in [5.41, 5.74) is 0. The summed E-state index contributed by atoms with van der Waals surface area (Å²) in [6.07, 6.45) is 0. The van der Waals surface area contributed by atoms with Gasteiger partial charge in [0.1, 0.15) is 5.82 Å². The Labute approximate surface area is 66.6 Å². The smallest absolute Gasteiger partial charge is 0.223 e. The second-order valence-electron chi connectivity index (χ2n) is 2.35. The number of aromatic nitrogens is 1. The van der Waals surface area contributed by atoms with Crippen LogP contribution < -0.4 is 9.64 Å². The van der Waals surface area contributed by atoms with Crippen molar-refractivity contribution < 1.29 is 4.74 Å². The van der Waals surface area contributed by atoms with Crippen LogP contribution in [0.4, 0.5) is 5.82 Å². The van der Waals surface area contributed by atoms with Crippen molar-refractivity contribution in [3.8, 4) is 5.88 Å². The van der Waals surface area contributed by atoms with Gasteiger partial charge in [0.15, 0.2) is 0 Å². The molecule has 3 heteroatoms. The van der Waals surface area contributed by atoms with Gasteiger partial charge in [0, 0.05) is 20.2 Å². The molecule has 0 amide bonds. The maximum absolute atomic E-state index is 4.91. The van der Waals surface area contributed by atoms with Gasteiger partial charge in [-0.3, -0.25) is 0 Å². The lowest BCUT2D eigenvalue weighted by Gasteiger charge is -2.10. The number of anilines is 1. The van der Waals surface area contributed by atoms with Crippen molar-refractivity contribution in [1.29, 1.82) is 0 Å². The minimum absolute atomic E-state index is 0.524. The van der Waals surface area contributed by atoms with Crippen LogP contribution in [0.5, 0.6) is 5.88 Å². The van der Waals surface area contributed by atoms with Gasteiger partial charge in [-0.2, -0.15) is 4.98 Å². The average molecular weight is 151 g/mol. The van der Waals surface area contributed by atoms with Gasteiger partial charge >= 0.3 is 0 Å². The molecule has 1 aromatic heterocycles. The Hall–Kier alpha value is -1.25. The van der Waals surface area contributed by atoms with Gasteiger partial charge < -0.3 is 9.64 Å². The van der Waals surface area contributed by atoms with E-state index in [0.29, 0.717) is 5.88 Å². The van der Waals surface area contributed by atoms with Crippen molar-refractivity contribution in [2.45, 2.75) is 0 Å². The summed E-state index contributed by atoms with van der Waals surface area (Å²) in [7, 11) is 5.45. The fraction of sp³-hybridized carbons (Fsp3) is 0.375. The Morgan fingerprint density at radius 1 is 1.55 bits per heavy atom. The summed E-state index contributed by atoms with van der Waals surface area (Å²) in [4.78, 5) is 6.05. The molecule has 0 aliphatic rings. The minimum atomic E-state index is 0.524. The predicted octanol–water partition coefficient (Wildman–Crippen LogP) is 0.956. The summed E-state index contributed by atoms with van der Waals surface area (Å²) < 4.78 is 4.91. The number of methoxy groups -OCH3 is 1. The van der Waals surface area contributed by atoms with Gasteiger partial charge in [-0.05, 0) is 12.1 Å². The van der Waals surface area contributed by atoms with Crippen LogP contribution in [0.2, 0.25) is 0 Å². The zero-order valence-corrected chi connectivity index (χ0v) is 6.96. The molecule has 0 bridgehead atoms. The third-order valence-corrected chi connectivity index (χ3v) is 1.31. The van der Waals surface area contributed by atoms with E-state index in [1.165, 1.54) is 0 Å². The largest absolute Gasteiger partial charge is 0.480 e. The van der Waals surface area contributed by atoms with Gasteiger partial charge in [0.25, 0.3) is 0 Å². The molecule has 0 aliphatic heterocycles. The highest BCUT2D eigenvalue weighted by Gasteiger charge is 1.97. The molecule has 0 fully saturated rings. The van der Waals surface area contributed by atoms with E-state index < -0.39 is 0 Å². The molecular weight excluding hydrogens is 140 g/mol. The first-order chi connectivity index (χ1) is 5.24. The van der Waals surface area contributed by atoms with Crippen molar-refractivity contribution in [2.75, 3.05) is 26.1 Å². The van der Waals surface area contributed by atoms with Crippen molar-refractivity contribution in [1.82, 2.24) is 4.98 Å². The van der Waals surface area contributed by atoms with Crippen LogP contribution in [0, 0.1) is 6.07 Å². The van der Waals surface area contributed by atoms with Crippen molar-refractivity contribution in [2.24, 2.45) is 0 Å². The zero-order valence-electron chi connectivity index (χ0n) is 6.96. The molecule has 0 N–H and O–H groups in total. The number of hydrogen-bond acceptors (Lipinski definition) is 3.